The van der Waals surface area contributed by atoms with E-state index in [-0.39, 0.29) is 23.3 Å². The van der Waals surface area contributed by atoms with Crippen LogP contribution in [0.2, 0.25) is 0 Å². The highest BCUT2D eigenvalue weighted by molar-refractivity contribution is 7.89. The van der Waals surface area contributed by atoms with Crippen LogP contribution in [-0.4, -0.2) is 38.8 Å². The minimum Gasteiger partial charge on any atom is -0.497 e. The molecule has 150 valence electrons. The van der Waals surface area contributed by atoms with Crippen molar-refractivity contribution in [3.8, 4) is 5.75 Å². The number of carbonyl (C=O) groups is 1. The molecule has 0 bridgehead atoms. The Morgan fingerprint density at radius 3 is 2.68 bits per heavy atom. The van der Waals surface area contributed by atoms with Crippen molar-refractivity contribution in [1.82, 2.24) is 9.62 Å². The Labute approximate surface area is 166 Å². The second kappa shape index (κ2) is 8.75. The molecule has 1 amide bonds. The van der Waals surface area contributed by atoms with E-state index >= 15 is 0 Å². The summed E-state index contributed by atoms with van der Waals surface area (Å²) >= 11 is 0. The molecular weight excluding hydrogens is 376 g/mol. The van der Waals surface area contributed by atoms with Crippen LogP contribution >= 0.6 is 0 Å². The molecule has 0 spiro atoms. The quantitative estimate of drug-likeness (QED) is 0.806. The zero-order chi connectivity index (χ0) is 20.1. The van der Waals surface area contributed by atoms with E-state index in [0.717, 1.165) is 16.9 Å². The molecule has 1 fully saturated rings. The summed E-state index contributed by atoms with van der Waals surface area (Å²) in [5.41, 5.74) is 1.94. The van der Waals surface area contributed by atoms with Crippen molar-refractivity contribution in [3.63, 3.8) is 0 Å². The summed E-state index contributed by atoms with van der Waals surface area (Å²) in [5.74, 6) is 0.269. The van der Waals surface area contributed by atoms with Crippen LogP contribution in [0.4, 0.5) is 0 Å². The maximum atomic E-state index is 12.9. The second-order valence-corrected chi connectivity index (χ2v) is 9.02. The van der Waals surface area contributed by atoms with Crippen LogP contribution < -0.4 is 10.1 Å². The normalized spacial score (nSPS) is 17.9. The second-order valence-electron chi connectivity index (χ2n) is 7.08. The lowest BCUT2D eigenvalue weighted by molar-refractivity contribution is -0.126. The Balaban J connectivity index is 1.63. The van der Waals surface area contributed by atoms with Crippen molar-refractivity contribution in [3.05, 3.63) is 59.7 Å². The molecule has 1 N–H and O–H groups in total. The fraction of sp³-hybridized carbons (Fsp3) is 0.381. The monoisotopic (exact) mass is 402 g/mol. The van der Waals surface area contributed by atoms with Gasteiger partial charge in [0, 0.05) is 19.6 Å². The average molecular weight is 403 g/mol. The van der Waals surface area contributed by atoms with Gasteiger partial charge in [0.1, 0.15) is 5.75 Å². The predicted molar refractivity (Wildman–Crippen MR) is 108 cm³/mol. The van der Waals surface area contributed by atoms with E-state index in [1.54, 1.807) is 31.4 Å². The van der Waals surface area contributed by atoms with Gasteiger partial charge in [-0.25, -0.2) is 8.42 Å². The molecular formula is C21H26N2O4S. The van der Waals surface area contributed by atoms with E-state index in [9.17, 15) is 13.2 Å². The topological polar surface area (TPSA) is 75.7 Å². The van der Waals surface area contributed by atoms with Gasteiger partial charge in [-0.1, -0.05) is 29.8 Å². The zero-order valence-corrected chi connectivity index (χ0v) is 17.0. The average Bonchev–Trinajstić information content (AvgIpc) is 2.72. The van der Waals surface area contributed by atoms with Crippen LogP contribution in [0.25, 0.3) is 0 Å². The molecule has 1 aliphatic rings. The standard InChI is InChI=1S/C21H26N2O4S/c1-16-8-10-20(11-9-16)28(25,26)23-12-4-6-18(15-23)21(24)22-14-17-5-3-7-19(13-17)27-2/h3,5,7-11,13,18H,4,6,12,14-15H2,1-2H3,(H,22,24). The van der Waals surface area contributed by atoms with Gasteiger partial charge >= 0.3 is 0 Å². The van der Waals surface area contributed by atoms with Crippen molar-refractivity contribution in [2.45, 2.75) is 31.2 Å². The number of ether oxygens (including phenoxy) is 1. The predicted octanol–water partition coefficient (Wildman–Crippen LogP) is 2.72. The van der Waals surface area contributed by atoms with Crippen LogP contribution in [0.3, 0.4) is 0 Å². The van der Waals surface area contributed by atoms with Gasteiger partial charge in [-0.05, 0) is 49.6 Å². The first-order valence-electron chi connectivity index (χ1n) is 9.37. The fourth-order valence-corrected chi connectivity index (χ4v) is 4.87. The molecule has 0 aromatic heterocycles. The number of hydrogen-bond donors (Lipinski definition) is 1. The highest BCUT2D eigenvalue weighted by Gasteiger charge is 2.33. The van der Waals surface area contributed by atoms with Crippen LogP contribution in [0, 0.1) is 12.8 Å². The maximum absolute atomic E-state index is 12.9. The number of amides is 1. The first-order chi connectivity index (χ1) is 13.4. The lowest BCUT2D eigenvalue weighted by atomic mass is 9.99. The van der Waals surface area contributed by atoms with Gasteiger partial charge in [0.25, 0.3) is 0 Å². The smallest absolute Gasteiger partial charge is 0.243 e. The molecule has 2 aromatic rings. The number of aryl methyl sites for hydroxylation is 1. The number of benzene rings is 2. The zero-order valence-electron chi connectivity index (χ0n) is 16.2. The van der Waals surface area contributed by atoms with Gasteiger partial charge in [-0.15, -0.1) is 0 Å². The summed E-state index contributed by atoms with van der Waals surface area (Å²) in [6, 6.07) is 14.3. The van der Waals surface area contributed by atoms with Gasteiger partial charge < -0.3 is 10.1 Å². The third-order valence-corrected chi connectivity index (χ3v) is 6.89. The Hall–Kier alpha value is -2.38. The number of carbonyl (C=O) groups excluding carboxylic acids is 1. The lowest BCUT2D eigenvalue weighted by Gasteiger charge is -2.31. The molecule has 1 saturated heterocycles. The highest BCUT2D eigenvalue weighted by Crippen LogP contribution is 2.24. The summed E-state index contributed by atoms with van der Waals surface area (Å²) in [6.45, 7) is 2.95. The van der Waals surface area contributed by atoms with E-state index in [0.29, 0.717) is 25.9 Å². The van der Waals surface area contributed by atoms with Gasteiger partial charge in [-0.3, -0.25) is 4.79 Å². The molecule has 1 unspecified atom stereocenters. The van der Waals surface area contributed by atoms with E-state index in [1.165, 1.54) is 4.31 Å². The summed E-state index contributed by atoms with van der Waals surface area (Å²) < 4.78 is 32.4. The molecule has 1 atom stereocenters. The highest BCUT2D eigenvalue weighted by atomic mass is 32.2. The number of piperidine rings is 1. The SMILES string of the molecule is COc1cccc(CNC(=O)C2CCCN(S(=O)(=O)c3ccc(C)cc3)C2)c1. The third kappa shape index (κ3) is 4.72. The van der Waals surface area contributed by atoms with Crippen molar-refractivity contribution >= 4 is 15.9 Å². The van der Waals surface area contributed by atoms with E-state index in [4.69, 9.17) is 4.74 Å². The molecule has 7 heteroatoms. The van der Waals surface area contributed by atoms with Crippen LogP contribution in [0.15, 0.2) is 53.4 Å². The van der Waals surface area contributed by atoms with Crippen LogP contribution in [0.1, 0.15) is 24.0 Å². The van der Waals surface area contributed by atoms with Gasteiger partial charge in [0.05, 0.1) is 17.9 Å². The number of sulfonamides is 1. The number of hydrogen-bond acceptors (Lipinski definition) is 4. The largest absolute Gasteiger partial charge is 0.497 e. The van der Waals surface area contributed by atoms with E-state index < -0.39 is 10.0 Å². The van der Waals surface area contributed by atoms with Crippen LogP contribution in [-0.2, 0) is 21.4 Å². The Morgan fingerprint density at radius 2 is 1.96 bits per heavy atom. The Morgan fingerprint density at radius 1 is 1.21 bits per heavy atom. The summed E-state index contributed by atoms with van der Waals surface area (Å²) in [6.07, 6.45) is 1.35. The minimum absolute atomic E-state index is 0.119. The van der Waals surface area contributed by atoms with Crippen molar-refractivity contribution in [2.75, 3.05) is 20.2 Å². The van der Waals surface area contributed by atoms with Crippen LogP contribution in [0.5, 0.6) is 5.75 Å². The van der Waals surface area contributed by atoms with Crippen molar-refractivity contribution < 1.29 is 17.9 Å². The Kier molecular flexibility index (Phi) is 6.36. The van der Waals surface area contributed by atoms with Gasteiger partial charge in [0.2, 0.25) is 15.9 Å². The van der Waals surface area contributed by atoms with Gasteiger partial charge in [-0.2, -0.15) is 4.31 Å². The molecule has 1 aliphatic heterocycles. The molecule has 0 aliphatic carbocycles. The maximum Gasteiger partial charge on any atom is 0.243 e. The fourth-order valence-electron chi connectivity index (χ4n) is 3.35. The number of rotatable bonds is 6. The summed E-state index contributed by atoms with van der Waals surface area (Å²) in [4.78, 5) is 12.9. The molecule has 6 nitrogen and oxygen atoms in total. The molecule has 0 saturated carbocycles. The summed E-state index contributed by atoms with van der Waals surface area (Å²) in [7, 11) is -1.98. The first-order valence-corrected chi connectivity index (χ1v) is 10.8. The Bertz CT molecular complexity index is 926. The van der Waals surface area contributed by atoms with Gasteiger partial charge in [0.15, 0.2) is 0 Å². The molecule has 1 heterocycles. The molecule has 3 rings (SSSR count). The molecule has 2 aromatic carbocycles. The van der Waals surface area contributed by atoms with Crippen molar-refractivity contribution in [1.29, 1.82) is 0 Å². The first kappa shape index (κ1) is 20.4. The van der Waals surface area contributed by atoms with Crippen molar-refractivity contribution in [2.24, 2.45) is 5.92 Å². The number of nitrogens with one attached hydrogen (secondary N) is 1. The number of methoxy groups -OCH3 is 1. The minimum atomic E-state index is -3.58. The molecule has 28 heavy (non-hydrogen) atoms. The van der Waals surface area contributed by atoms with E-state index in [2.05, 4.69) is 5.32 Å². The number of nitrogens with zero attached hydrogens (tertiary/aromatic N) is 1. The summed E-state index contributed by atoms with van der Waals surface area (Å²) in [5, 5.41) is 2.92. The molecule has 0 radical (unpaired) electrons. The van der Waals surface area contributed by atoms with E-state index in [1.807, 2.05) is 31.2 Å². The third-order valence-electron chi connectivity index (χ3n) is 5.01. The lowest BCUT2D eigenvalue weighted by Crippen LogP contribution is -2.45.